The molecule has 2 aromatic carbocycles. The third kappa shape index (κ3) is 7.10. The fourth-order valence-corrected chi connectivity index (χ4v) is 2.91. The van der Waals surface area contributed by atoms with Gasteiger partial charge < -0.3 is 20.2 Å². The van der Waals surface area contributed by atoms with E-state index in [-0.39, 0.29) is 24.0 Å². The van der Waals surface area contributed by atoms with E-state index in [9.17, 15) is 0 Å². The lowest BCUT2D eigenvalue weighted by Gasteiger charge is -2.17. The highest BCUT2D eigenvalue weighted by Crippen LogP contribution is 2.16. The van der Waals surface area contributed by atoms with Gasteiger partial charge in [0.2, 0.25) is 0 Å². The minimum atomic E-state index is 0. The number of hydrogen-bond donors (Lipinski definition) is 2. The average molecular weight is 506 g/mol. The second-order valence-electron chi connectivity index (χ2n) is 6.58. The van der Waals surface area contributed by atoms with Crippen LogP contribution in [0.1, 0.15) is 16.9 Å². The van der Waals surface area contributed by atoms with Crippen molar-refractivity contribution in [1.29, 1.82) is 0 Å². The van der Waals surface area contributed by atoms with Gasteiger partial charge in [-0.15, -0.1) is 24.0 Å². The molecule has 0 spiro atoms. The summed E-state index contributed by atoms with van der Waals surface area (Å²) in [6.07, 6.45) is 1.70. The number of rotatable bonds is 8. The topological polar surface area (TPSA) is 76.0 Å². The van der Waals surface area contributed by atoms with E-state index in [1.165, 1.54) is 5.56 Å². The number of hydrogen-bond acceptors (Lipinski definition) is 4. The lowest BCUT2D eigenvalue weighted by molar-refractivity contribution is 0.287. The van der Waals surface area contributed by atoms with Gasteiger partial charge in [-0.1, -0.05) is 24.3 Å². The summed E-state index contributed by atoms with van der Waals surface area (Å²) in [7, 11) is 3.71. The number of nitrogens with two attached hydrogens (primary N) is 1. The molecule has 6 nitrogen and oxygen atoms in total. The van der Waals surface area contributed by atoms with Gasteiger partial charge in [-0.25, -0.2) is 4.99 Å². The summed E-state index contributed by atoms with van der Waals surface area (Å²) in [5, 5.41) is 3.10. The zero-order valence-corrected chi connectivity index (χ0v) is 19.0. The number of halogens is 1. The van der Waals surface area contributed by atoms with Crippen LogP contribution in [0.2, 0.25) is 0 Å². The molecule has 0 radical (unpaired) electrons. The van der Waals surface area contributed by atoms with E-state index in [0.717, 1.165) is 35.9 Å². The monoisotopic (exact) mass is 506 g/mol. The first kappa shape index (κ1) is 22.8. The largest absolute Gasteiger partial charge is 0.497 e. The molecule has 0 aliphatic rings. The minimum Gasteiger partial charge on any atom is -0.497 e. The first-order valence-corrected chi connectivity index (χ1v) is 9.13. The number of nitrogens with zero attached hydrogens (tertiary/aromatic N) is 2. The molecule has 154 valence electrons. The van der Waals surface area contributed by atoms with Crippen LogP contribution >= 0.6 is 24.0 Å². The van der Waals surface area contributed by atoms with E-state index in [2.05, 4.69) is 34.4 Å². The van der Waals surface area contributed by atoms with Crippen molar-refractivity contribution < 1.29 is 9.15 Å². The van der Waals surface area contributed by atoms with Gasteiger partial charge in [0.1, 0.15) is 11.5 Å². The molecule has 0 unspecified atom stereocenters. The number of furan rings is 1. The van der Waals surface area contributed by atoms with Gasteiger partial charge in [0.25, 0.3) is 0 Å². The molecule has 0 aliphatic heterocycles. The van der Waals surface area contributed by atoms with Gasteiger partial charge in [0, 0.05) is 12.2 Å². The van der Waals surface area contributed by atoms with E-state index in [1.54, 1.807) is 13.4 Å². The Labute approximate surface area is 188 Å². The number of methoxy groups -OCH3 is 1. The second-order valence-corrected chi connectivity index (χ2v) is 6.58. The Morgan fingerprint density at radius 1 is 1.03 bits per heavy atom. The Balaban J connectivity index is 0.00000300. The lowest BCUT2D eigenvalue weighted by atomic mass is 10.1. The molecule has 0 bridgehead atoms. The quantitative estimate of drug-likeness (QED) is 0.268. The molecule has 29 heavy (non-hydrogen) atoms. The molecular formula is C22H27IN4O2. The van der Waals surface area contributed by atoms with Crippen LogP contribution in [0.4, 0.5) is 5.69 Å². The molecule has 3 aromatic rings. The predicted molar refractivity (Wildman–Crippen MR) is 128 cm³/mol. The van der Waals surface area contributed by atoms with Crippen molar-refractivity contribution in [2.24, 2.45) is 10.7 Å². The Morgan fingerprint density at radius 3 is 2.41 bits per heavy atom. The highest BCUT2D eigenvalue weighted by atomic mass is 127. The number of guanidine groups is 1. The second kappa shape index (κ2) is 11.5. The van der Waals surface area contributed by atoms with Crippen LogP contribution in [0.15, 0.2) is 76.3 Å². The number of aliphatic imine (C=N–C) groups is 1. The number of benzene rings is 2. The molecular weight excluding hydrogens is 479 g/mol. The fraction of sp³-hybridized carbons (Fsp3) is 0.227. The van der Waals surface area contributed by atoms with Crippen LogP contribution in [-0.4, -0.2) is 25.0 Å². The summed E-state index contributed by atoms with van der Waals surface area (Å²) in [6.45, 7) is 2.07. The first-order chi connectivity index (χ1) is 13.6. The summed E-state index contributed by atoms with van der Waals surface area (Å²) in [5.74, 6) is 2.13. The summed E-state index contributed by atoms with van der Waals surface area (Å²) >= 11 is 0. The van der Waals surface area contributed by atoms with Gasteiger partial charge in [-0.3, -0.25) is 4.90 Å². The molecule has 1 aromatic heterocycles. The molecule has 0 fully saturated rings. The highest BCUT2D eigenvalue weighted by Gasteiger charge is 2.07. The Kier molecular flexibility index (Phi) is 9.01. The molecule has 0 atom stereocenters. The SMILES string of the molecule is COc1ccc(NC(N)=NCc2ccccc2CN(C)Cc2ccco2)cc1.I. The standard InChI is InChI=1S/C22H26N4O2.HI/c1-26(16-21-8-5-13-28-21)15-18-7-4-3-6-17(18)14-24-22(23)25-19-9-11-20(27-2)12-10-19;/h3-13H,14-16H2,1-2H3,(H3,23,24,25);1H. The molecule has 3 rings (SSSR count). The highest BCUT2D eigenvalue weighted by molar-refractivity contribution is 14.0. The van der Waals surface area contributed by atoms with Crippen molar-refractivity contribution >= 4 is 35.6 Å². The zero-order valence-electron chi connectivity index (χ0n) is 16.7. The Morgan fingerprint density at radius 2 is 1.76 bits per heavy atom. The Bertz CT molecular complexity index is 895. The van der Waals surface area contributed by atoms with Crippen molar-refractivity contribution in [3.8, 4) is 5.75 Å². The van der Waals surface area contributed by atoms with E-state index >= 15 is 0 Å². The normalized spacial score (nSPS) is 11.2. The third-order valence-electron chi connectivity index (χ3n) is 4.35. The zero-order chi connectivity index (χ0) is 19.8. The van der Waals surface area contributed by atoms with Crippen LogP contribution in [0.5, 0.6) is 5.75 Å². The van der Waals surface area contributed by atoms with Crippen LogP contribution in [-0.2, 0) is 19.6 Å². The molecule has 0 saturated carbocycles. The van der Waals surface area contributed by atoms with E-state index in [0.29, 0.717) is 12.5 Å². The van der Waals surface area contributed by atoms with Gasteiger partial charge in [-0.2, -0.15) is 0 Å². The first-order valence-electron chi connectivity index (χ1n) is 9.13. The summed E-state index contributed by atoms with van der Waals surface area (Å²) < 4.78 is 10.6. The predicted octanol–water partition coefficient (Wildman–Crippen LogP) is 4.47. The van der Waals surface area contributed by atoms with Crippen molar-refractivity contribution in [2.45, 2.75) is 19.6 Å². The fourth-order valence-electron chi connectivity index (χ4n) is 2.91. The third-order valence-corrected chi connectivity index (χ3v) is 4.35. The van der Waals surface area contributed by atoms with E-state index < -0.39 is 0 Å². The maximum Gasteiger partial charge on any atom is 0.193 e. The minimum absolute atomic E-state index is 0. The van der Waals surface area contributed by atoms with Crippen molar-refractivity contribution in [1.82, 2.24) is 4.90 Å². The molecule has 7 heteroatoms. The molecule has 0 amide bonds. The molecule has 0 aliphatic carbocycles. The van der Waals surface area contributed by atoms with Crippen LogP contribution < -0.4 is 15.8 Å². The maximum atomic E-state index is 6.05. The van der Waals surface area contributed by atoms with E-state index in [4.69, 9.17) is 14.9 Å². The Hall–Kier alpha value is -2.52. The number of ether oxygens (including phenoxy) is 1. The summed E-state index contributed by atoms with van der Waals surface area (Å²) in [4.78, 5) is 6.70. The van der Waals surface area contributed by atoms with Crippen molar-refractivity contribution in [2.75, 3.05) is 19.5 Å². The van der Waals surface area contributed by atoms with Gasteiger partial charge in [0.15, 0.2) is 5.96 Å². The molecule has 3 N–H and O–H groups in total. The van der Waals surface area contributed by atoms with Crippen LogP contribution in [0.3, 0.4) is 0 Å². The number of nitrogens with one attached hydrogen (secondary N) is 1. The average Bonchev–Trinajstić information content (AvgIpc) is 3.21. The summed E-state index contributed by atoms with van der Waals surface area (Å²) in [5.41, 5.74) is 9.29. The summed E-state index contributed by atoms with van der Waals surface area (Å²) in [6, 6.07) is 19.7. The van der Waals surface area contributed by atoms with Crippen LogP contribution in [0, 0.1) is 0 Å². The maximum absolute atomic E-state index is 6.05. The van der Waals surface area contributed by atoms with Gasteiger partial charge in [-0.05, 0) is 54.6 Å². The van der Waals surface area contributed by atoms with Gasteiger partial charge in [0.05, 0.1) is 26.5 Å². The van der Waals surface area contributed by atoms with Crippen molar-refractivity contribution in [3.05, 3.63) is 83.8 Å². The lowest BCUT2D eigenvalue weighted by Crippen LogP contribution is -2.22. The number of anilines is 1. The van der Waals surface area contributed by atoms with Gasteiger partial charge >= 0.3 is 0 Å². The smallest absolute Gasteiger partial charge is 0.193 e. The van der Waals surface area contributed by atoms with E-state index in [1.807, 2.05) is 48.5 Å². The molecule has 0 saturated heterocycles. The van der Waals surface area contributed by atoms with Crippen LogP contribution in [0.25, 0.3) is 0 Å². The van der Waals surface area contributed by atoms with Crippen molar-refractivity contribution in [3.63, 3.8) is 0 Å². The molecule has 1 heterocycles.